The van der Waals surface area contributed by atoms with Gasteiger partial charge in [0.1, 0.15) is 5.82 Å². The first-order valence-corrected chi connectivity index (χ1v) is 8.98. The Morgan fingerprint density at radius 3 is 2.48 bits per heavy atom. The standard InChI is InChI=1S/C20H24FN3O3/c1-11-9-13(7-8-14(11)21)17(19(26)27)22-18(25)15-10-16(12-5-6-12)24(23-15)20(2,3)4/h7-10,12,17H,5-6H2,1-4H3,(H,22,25)(H,26,27). The number of aliphatic carboxylic acids is 1. The third-order valence-electron chi connectivity index (χ3n) is 4.64. The number of benzene rings is 1. The molecule has 1 atom stereocenters. The van der Waals surface area contributed by atoms with Crippen LogP contribution in [0.3, 0.4) is 0 Å². The molecule has 1 aromatic heterocycles. The molecule has 1 heterocycles. The maximum absolute atomic E-state index is 13.5. The predicted octanol–water partition coefficient (Wildman–Crippen LogP) is 3.52. The number of halogens is 1. The molecule has 2 N–H and O–H groups in total. The quantitative estimate of drug-likeness (QED) is 0.840. The van der Waals surface area contributed by atoms with E-state index in [0.717, 1.165) is 18.5 Å². The number of nitrogens with zero attached hydrogens (tertiary/aromatic N) is 2. The molecule has 6 nitrogen and oxygen atoms in total. The number of nitrogens with one attached hydrogen (secondary N) is 1. The molecule has 27 heavy (non-hydrogen) atoms. The van der Waals surface area contributed by atoms with Gasteiger partial charge in [0.2, 0.25) is 0 Å². The van der Waals surface area contributed by atoms with E-state index in [9.17, 15) is 19.1 Å². The van der Waals surface area contributed by atoms with Crippen molar-refractivity contribution < 1.29 is 19.1 Å². The van der Waals surface area contributed by atoms with Crippen LogP contribution >= 0.6 is 0 Å². The fourth-order valence-electron chi connectivity index (χ4n) is 3.05. The van der Waals surface area contributed by atoms with Crippen LogP contribution < -0.4 is 5.32 Å². The molecule has 2 aromatic rings. The van der Waals surface area contributed by atoms with Gasteiger partial charge >= 0.3 is 5.97 Å². The molecule has 0 bridgehead atoms. The van der Waals surface area contributed by atoms with Gasteiger partial charge in [-0.3, -0.25) is 9.48 Å². The summed E-state index contributed by atoms with van der Waals surface area (Å²) in [6, 6.07) is 4.46. The number of hydrogen-bond donors (Lipinski definition) is 2. The Balaban J connectivity index is 1.88. The van der Waals surface area contributed by atoms with Crippen LogP contribution in [0.5, 0.6) is 0 Å². The minimum atomic E-state index is -1.28. The van der Waals surface area contributed by atoms with Gasteiger partial charge in [-0.25, -0.2) is 9.18 Å². The summed E-state index contributed by atoms with van der Waals surface area (Å²) in [6.45, 7) is 7.57. The molecule has 7 heteroatoms. The van der Waals surface area contributed by atoms with Gasteiger partial charge in [-0.05, 0) is 63.8 Å². The molecule has 0 radical (unpaired) electrons. The molecule has 1 unspecified atom stereocenters. The minimum Gasteiger partial charge on any atom is -0.479 e. The monoisotopic (exact) mass is 373 g/mol. The van der Waals surface area contributed by atoms with Crippen LogP contribution in [0.15, 0.2) is 24.3 Å². The first kappa shape index (κ1) is 19.1. The highest BCUT2D eigenvalue weighted by atomic mass is 19.1. The molecule has 1 saturated carbocycles. The van der Waals surface area contributed by atoms with Crippen LogP contribution in [-0.4, -0.2) is 26.8 Å². The van der Waals surface area contributed by atoms with E-state index in [1.165, 1.54) is 18.2 Å². The Morgan fingerprint density at radius 1 is 1.30 bits per heavy atom. The van der Waals surface area contributed by atoms with E-state index in [-0.39, 0.29) is 11.2 Å². The Hall–Kier alpha value is -2.70. The number of carboxylic acid groups (broad SMARTS) is 1. The van der Waals surface area contributed by atoms with E-state index in [1.807, 2.05) is 25.5 Å². The maximum Gasteiger partial charge on any atom is 0.330 e. The fourth-order valence-corrected chi connectivity index (χ4v) is 3.05. The molecule has 1 aromatic carbocycles. The highest BCUT2D eigenvalue weighted by Gasteiger charge is 2.33. The van der Waals surface area contributed by atoms with Crippen LogP contribution in [0.2, 0.25) is 0 Å². The van der Waals surface area contributed by atoms with Gasteiger partial charge in [0.25, 0.3) is 5.91 Å². The van der Waals surface area contributed by atoms with Crippen LogP contribution in [0.25, 0.3) is 0 Å². The maximum atomic E-state index is 13.5. The summed E-state index contributed by atoms with van der Waals surface area (Å²) in [6.07, 6.45) is 2.13. The number of carbonyl (C=O) groups excluding carboxylic acids is 1. The second kappa shape index (κ2) is 6.79. The molecule has 1 fully saturated rings. The fraction of sp³-hybridized carbons (Fsp3) is 0.450. The van der Waals surface area contributed by atoms with E-state index < -0.39 is 23.7 Å². The number of rotatable bonds is 5. The first-order chi connectivity index (χ1) is 12.6. The van der Waals surface area contributed by atoms with Crippen molar-refractivity contribution in [3.8, 4) is 0 Å². The van der Waals surface area contributed by atoms with Gasteiger partial charge < -0.3 is 10.4 Å². The number of carboxylic acids is 1. The SMILES string of the molecule is Cc1cc(C(NC(=O)c2cc(C3CC3)n(C(C)(C)C)n2)C(=O)O)ccc1F. The summed E-state index contributed by atoms with van der Waals surface area (Å²) in [5, 5.41) is 16.5. The topological polar surface area (TPSA) is 84.2 Å². The molecule has 0 spiro atoms. The lowest BCUT2D eigenvalue weighted by atomic mass is 10.0. The Morgan fingerprint density at radius 2 is 1.96 bits per heavy atom. The van der Waals surface area contributed by atoms with Crippen molar-refractivity contribution in [2.24, 2.45) is 0 Å². The van der Waals surface area contributed by atoms with Crippen molar-refractivity contribution in [3.05, 3.63) is 52.6 Å². The van der Waals surface area contributed by atoms with Crippen molar-refractivity contribution >= 4 is 11.9 Å². The van der Waals surface area contributed by atoms with E-state index in [4.69, 9.17) is 0 Å². The first-order valence-electron chi connectivity index (χ1n) is 8.98. The Kier molecular flexibility index (Phi) is 4.80. The summed E-state index contributed by atoms with van der Waals surface area (Å²) in [7, 11) is 0. The van der Waals surface area contributed by atoms with Gasteiger partial charge in [-0.15, -0.1) is 0 Å². The lowest BCUT2D eigenvalue weighted by Crippen LogP contribution is -2.34. The van der Waals surface area contributed by atoms with E-state index >= 15 is 0 Å². The largest absolute Gasteiger partial charge is 0.479 e. The highest BCUT2D eigenvalue weighted by Crippen LogP contribution is 2.41. The smallest absolute Gasteiger partial charge is 0.330 e. The van der Waals surface area contributed by atoms with Gasteiger partial charge in [-0.1, -0.05) is 12.1 Å². The molecule has 144 valence electrons. The molecule has 1 aliphatic rings. The summed E-state index contributed by atoms with van der Waals surface area (Å²) in [4.78, 5) is 24.4. The summed E-state index contributed by atoms with van der Waals surface area (Å²) >= 11 is 0. The zero-order chi connectivity index (χ0) is 19.9. The predicted molar refractivity (Wildman–Crippen MR) is 98.2 cm³/mol. The molecule has 1 amide bonds. The third kappa shape index (κ3) is 4.02. The zero-order valence-corrected chi connectivity index (χ0v) is 15.9. The van der Waals surface area contributed by atoms with E-state index in [1.54, 1.807) is 13.0 Å². The number of hydrogen-bond acceptors (Lipinski definition) is 3. The average Bonchev–Trinajstić information content (AvgIpc) is 3.31. The lowest BCUT2D eigenvalue weighted by Gasteiger charge is -2.22. The van der Waals surface area contributed by atoms with Crippen molar-refractivity contribution in [3.63, 3.8) is 0 Å². The third-order valence-corrected chi connectivity index (χ3v) is 4.64. The number of amides is 1. The van der Waals surface area contributed by atoms with Gasteiger partial charge in [0, 0.05) is 11.6 Å². The molecular formula is C20H24FN3O3. The summed E-state index contributed by atoms with van der Waals surface area (Å²) in [5.74, 6) is -1.80. The molecular weight excluding hydrogens is 349 g/mol. The Bertz CT molecular complexity index is 894. The molecule has 1 aliphatic carbocycles. The van der Waals surface area contributed by atoms with Crippen molar-refractivity contribution in [2.45, 2.75) is 58.0 Å². The van der Waals surface area contributed by atoms with Crippen LogP contribution in [0.1, 0.15) is 72.9 Å². The van der Waals surface area contributed by atoms with Gasteiger partial charge in [0.15, 0.2) is 11.7 Å². The van der Waals surface area contributed by atoms with E-state index in [2.05, 4.69) is 10.4 Å². The van der Waals surface area contributed by atoms with Crippen molar-refractivity contribution in [1.29, 1.82) is 0 Å². The molecule has 3 rings (SSSR count). The number of carbonyl (C=O) groups is 2. The van der Waals surface area contributed by atoms with E-state index in [0.29, 0.717) is 17.0 Å². The average molecular weight is 373 g/mol. The van der Waals surface area contributed by atoms with Gasteiger partial charge in [0.05, 0.1) is 5.54 Å². The summed E-state index contributed by atoms with van der Waals surface area (Å²) < 4.78 is 15.3. The second-order valence-electron chi connectivity index (χ2n) is 8.06. The van der Waals surface area contributed by atoms with Crippen molar-refractivity contribution in [2.75, 3.05) is 0 Å². The summed E-state index contributed by atoms with van der Waals surface area (Å²) in [5.41, 5.74) is 1.54. The normalized spacial score (nSPS) is 15.4. The molecule has 0 saturated heterocycles. The van der Waals surface area contributed by atoms with Crippen LogP contribution in [0.4, 0.5) is 4.39 Å². The lowest BCUT2D eigenvalue weighted by molar-refractivity contribution is -0.139. The van der Waals surface area contributed by atoms with Crippen LogP contribution in [0, 0.1) is 12.7 Å². The molecule has 0 aliphatic heterocycles. The van der Waals surface area contributed by atoms with Crippen molar-refractivity contribution in [1.82, 2.24) is 15.1 Å². The second-order valence-corrected chi connectivity index (χ2v) is 8.06. The zero-order valence-electron chi connectivity index (χ0n) is 15.9. The van der Waals surface area contributed by atoms with Gasteiger partial charge in [-0.2, -0.15) is 5.10 Å². The minimum absolute atomic E-state index is 0.192. The van der Waals surface area contributed by atoms with Crippen LogP contribution in [-0.2, 0) is 10.3 Å². The number of aryl methyl sites for hydroxylation is 1. The number of aromatic nitrogens is 2. The highest BCUT2D eigenvalue weighted by molar-refractivity contribution is 5.95. The Labute approximate surface area is 157 Å².